The Morgan fingerprint density at radius 3 is 0.135 bits per heavy atom. The Morgan fingerprint density at radius 2 is 0.135 bits per heavy atom. The predicted molar refractivity (Wildman–Crippen MR) is 203 cm³/mol. The highest BCUT2D eigenvalue weighted by molar-refractivity contribution is 3.95. The van der Waals surface area contributed by atoms with Gasteiger partial charge in [-0.15, -0.1) is 0 Å². The highest BCUT2D eigenvalue weighted by atomic mass is 13.5. The molecule has 0 fully saturated rings. The average Bonchev–Trinajstić information content (AvgIpc) is 2.68. The van der Waals surface area contributed by atoms with Crippen molar-refractivity contribution in [3.05, 3.63) is 0 Å². The van der Waals surface area contributed by atoms with E-state index in [4.69, 9.17) is 0 Å². The van der Waals surface area contributed by atoms with E-state index in [2.05, 4.69) is 152 Å². The Hall–Kier alpha value is 0. The van der Waals surface area contributed by atoms with Crippen molar-refractivity contribution in [2.75, 3.05) is 0 Å². The molecule has 0 nitrogen and oxygen atoms in total. The maximum atomic E-state index is 2.12. The zero-order chi connectivity index (χ0) is 29.8. The standard InChI is InChI=1S/11C3H8.4CH4/c11*1-3-2;;;;/h11*3H2,1-2H3;4*1H4. The molecular formula is C37H104. The summed E-state index contributed by atoms with van der Waals surface area (Å²) in [5.41, 5.74) is 0. The molecule has 0 amide bonds. The quantitative estimate of drug-likeness (QED) is 0.282. The Morgan fingerprint density at radius 1 is 0.135 bits per heavy atom. The van der Waals surface area contributed by atoms with Crippen molar-refractivity contribution in [3.8, 4) is 0 Å². The lowest BCUT2D eigenvalue weighted by Crippen LogP contribution is -1.27. The highest BCUT2D eigenvalue weighted by Gasteiger charge is 1.38. The second kappa shape index (κ2) is 364. The van der Waals surface area contributed by atoms with E-state index in [0.717, 1.165) is 0 Å². The molecule has 0 spiro atoms. The molecule has 252 valence electrons. The molecule has 0 bridgehead atoms. The lowest BCUT2D eigenvalue weighted by atomic mass is 10.6. The minimum Gasteiger partial charge on any atom is -0.0776 e. The summed E-state index contributed by atoms with van der Waals surface area (Å²) >= 11 is 0. The van der Waals surface area contributed by atoms with E-state index >= 15 is 0 Å². The van der Waals surface area contributed by atoms with Crippen LogP contribution in [0.4, 0.5) is 0 Å². The van der Waals surface area contributed by atoms with Crippen LogP contribution in [0.15, 0.2) is 0 Å². The molecule has 0 saturated carbocycles. The fraction of sp³-hybridized carbons (Fsp3) is 1.00. The Balaban J connectivity index is -0.0000000110. The van der Waals surface area contributed by atoms with Crippen LogP contribution in [0.2, 0.25) is 0 Å². The molecule has 0 saturated heterocycles. The van der Waals surface area contributed by atoms with Gasteiger partial charge in [-0.1, -0.05) is 253 Å². The van der Waals surface area contributed by atoms with Gasteiger partial charge in [-0.3, -0.25) is 0 Å². The van der Waals surface area contributed by atoms with Crippen molar-refractivity contribution in [3.63, 3.8) is 0 Å². The van der Waals surface area contributed by atoms with Gasteiger partial charge in [0.2, 0.25) is 0 Å². The van der Waals surface area contributed by atoms with Crippen LogP contribution in [0.5, 0.6) is 0 Å². The van der Waals surface area contributed by atoms with Gasteiger partial charge >= 0.3 is 0 Å². The van der Waals surface area contributed by atoms with Crippen LogP contribution in [0.3, 0.4) is 0 Å². The van der Waals surface area contributed by atoms with Crippen molar-refractivity contribution in [1.82, 2.24) is 0 Å². The van der Waals surface area contributed by atoms with Gasteiger partial charge in [-0.05, 0) is 0 Å². The fourth-order valence-corrected chi connectivity index (χ4v) is 0. The Bertz CT molecular complexity index is 38.1. The highest BCUT2D eigenvalue weighted by Crippen LogP contribution is 1.59. The van der Waals surface area contributed by atoms with Crippen molar-refractivity contribution in [1.29, 1.82) is 0 Å². The minimum atomic E-state index is 0. The van der Waals surface area contributed by atoms with Gasteiger partial charge in [0.25, 0.3) is 0 Å². The monoisotopic (exact) mass is 549 g/mol. The lowest BCUT2D eigenvalue weighted by Gasteiger charge is -1.48. The first-order chi connectivity index (χ1) is 15.6. The van der Waals surface area contributed by atoms with E-state index in [1.54, 1.807) is 0 Å². The molecule has 0 N–H and O–H groups in total. The van der Waals surface area contributed by atoms with Gasteiger partial charge in [0.15, 0.2) is 0 Å². The zero-order valence-corrected chi connectivity index (χ0v) is 29.8. The smallest absolute Gasteiger partial charge is 0.0590 e. The lowest BCUT2D eigenvalue weighted by molar-refractivity contribution is 1.09. The van der Waals surface area contributed by atoms with Crippen molar-refractivity contribution < 1.29 is 0 Å². The predicted octanol–water partition coefficient (Wildman–Crippen LogP) is 18.1. The summed E-state index contributed by atoms with van der Waals surface area (Å²) in [4.78, 5) is 0. The van der Waals surface area contributed by atoms with Crippen LogP contribution >= 0.6 is 0 Å². The van der Waals surface area contributed by atoms with E-state index in [1.807, 2.05) is 0 Å². The molecule has 0 radical (unpaired) electrons. The summed E-state index contributed by atoms with van der Waals surface area (Å²) in [7, 11) is 0. The van der Waals surface area contributed by atoms with Gasteiger partial charge < -0.3 is 0 Å². The van der Waals surface area contributed by atoms with Crippen LogP contribution in [-0.4, -0.2) is 0 Å². The normalized spacial score (nSPS) is 5.35. The topological polar surface area (TPSA) is 0 Å². The zero-order valence-electron chi connectivity index (χ0n) is 29.8. The molecule has 0 aromatic carbocycles. The van der Waals surface area contributed by atoms with Crippen LogP contribution in [0.25, 0.3) is 0 Å². The van der Waals surface area contributed by atoms with E-state index in [0.29, 0.717) is 0 Å². The summed E-state index contributed by atoms with van der Waals surface area (Å²) in [6, 6.07) is 0. The second-order valence-corrected chi connectivity index (χ2v) is 7.78. The molecule has 0 aromatic heterocycles. The van der Waals surface area contributed by atoms with Gasteiger partial charge in [0, 0.05) is 0 Å². The van der Waals surface area contributed by atoms with Crippen LogP contribution in [-0.2, 0) is 0 Å². The molecule has 0 unspecified atom stereocenters. The molecule has 0 heteroatoms. The second-order valence-electron chi connectivity index (χ2n) is 7.78. The van der Waals surface area contributed by atoms with E-state index in [-0.39, 0.29) is 29.7 Å². The molecule has 0 aliphatic rings. The molecule has 0 aromatic rings. The van der Waals surface area contributed by atoms with Crippen LogP contribution in [0.1, 0.15) is 253 Å². The first-order valence-electron chi connectivity index (χ1n) is 15.6. The fourth-order valence-electron chi connectivity index (χ4n) is 0. The van der Waals surface area contributed by atoms with Crippen LogP contribution in [0, 0.1) is 0 Å². The van der Waals surface area contributed by atoms with Crippen molar-refractivity contribution in [2.24, 2.45) is 0 Å². The first kappa shape index (κ1) is 99.1. The Labute approximate surface area is 252 Å². The third-order valence-electron chi connectivity index (χ3n) is 0. The molecule has 0 aliphatic heterocycles. The molecule has 0 atom stereocenters. The van der Waals surface area contributed by atoms with Gasteiger partial charge in [-0.25, -0.2) is 0 Å². The third kappa shape index (κ3) is 0. The van der Waals surface area contributed by atoms with Gasteiger partial charge in [-0.2, -0.15) is 0 Å². The van der Waals surface area contributed by atoms with Crippen molar-refractivity contribution >= 4 is 0 Å². The minimum absolute atomic E-state index is 0. The van der Waals surface area contributed by atoms with E-state index in [9.17, 15) is 0 Å². The summed E-state index contributed by atoms with van der Waals surface area (Å²) in [6.45, 7) is 46.8. The third-order valence-corrected chi connectivity index (χ3v) is 0. The molecule has 0 aliphatic carbocycles. The Kier molecular flexibility index (Phi) is 976. The summed E-state index contributed by atoms with van der Waals surface area (Å²) in [5.74, 6) is 0. The molecule has 0 heterocycles. The summed E-state index contributed by atoms with van der Waals surface area (Å²) in [5, 5.41) is 0. The summed E-state index contributed by atoms with van der Waals surface area (Å²) < 4.78 is 0. The average molecular weight is 549 g/mol. The summed E-state index contributed by atoms with van der Waals surface area (Å²) in [6.07, 6.45) is 13.8. The largest absolute Gasteiger partial charge is 0.0776 e. The van der Waals surface area contributed by atoms with E-state index in [1.165, 1.54) is 70.6 Å². The number of rotatable bonds is 0. The molecule has 37 heavy (non-hydrogen) atoms. The van der Waals surface area contributed by atoms with Crippen molar-refractivity contribution in [2.45, 2.75) is 253 Å². The molecular weight excluding hydrogens is 444 g/mol. The number of hydrogen-bond acceptors (Lipinski definition) is 0. The van der Waals surface area contributed by atoms with E-state index < -0.39 is 0 Å². The first-order valence-corrected chi connectivity index (χ1v) is 15.6. The van der Waals surface area contributed by atoms with Gasteiger partial charge in [0.1, 0.15) is 0 Å². The number of hydrogen-bond donors (Lipinski definition) is 0. The molecule has 0 rings (SSSR count). The maximum Gasteiger partial charge on any atom is -0.0590 e. The van der Waals surface area contributed by atoms with Gasteiger partial charge in [0.05, 0.1) is 0 Å². The SMILES string of the molecule is C.C.C.C.CCC.CCC.CCC.CCC.CCC.CCC.CCC.CCC.CCC.CCC.CCC. The maximum absolute atomic E-state index is 2.12. The van der Waals surface area contributed by atoms with Crippen LogP contribution < -0.4 is 0 Å².